The molecular weight excluding hydrogens is 455 g/mol. The number of carbonyl (C=O) groups is 1. The minimum absolute atomic E-state index is 0.112. The molecule has 8 heteroatoms. The van der Waals surface area contributed by atoms with Crippen molar-refractivity contribution in [2.75, 3.05) is 17.5 Å². The van der Waals surface area contributed by atoms with Crippen LogP contribution in [0.3, 0.4) is 0 Å². The van der Waals surface area contributed by atoms with Crippen molar-refractivity contribution >= 4 is 21.6 Å². The normalized spacial score (nSPS) is 11.6. The number of halogens is 1. The molecule has 0 bridgehead atoms. The van der Waals surface area contributed by atoms with Gasteiger partial charge in [-0.25, -0.2) is 12.8 Å². The van der Waals surface area contributed by atoms with Crippen molar-refractivity contribution in [1.29, 1.82) is 0 Å². The Balaban J connectivity index is 1.87. The van der Waals surface area contributed by atoms with E-state index in [2.05, 4.69) is 5.32 Å². The van der Waals surface area contributed by atoms with Gasteiger partial charge in [0.25, 0.3) is 10.0 Å². The number of anilines is 1. The SMILES string of the molecule is CCOc1ccc(N(CC(=O)NC(C)(C)Cc2ccccc2)S(=O)(=O)c2ccc(F)cc2)cc1. The molecule has 3 rings (SSSR count). The molecule has 1 N–H and O–H groups in total. The van der Waals surface area contributed by atoms with E-state index in [0.29, 0.717) is 24.5 Å². The number of hydrogen-bond acceptors (Lipinski definition) is 4. The van der Waals surface area contributed by atoms with Crippen molar-refractivity contribution < 1.29 is 22.3 Å². The second-order valence-corrected chi connectivity index (χ2v) is 10.3. The molecule has 0 spiro atoms. The number of rotatable bonds is 10. The van der Waals surface area contributed by atoms with E-state index in [1.54, 1.807) is 24.3 Å². The lowest BCUT2D eigenvalue weighted by molar-refractivity contribution is -0.121. The van der Waals surface area contributed by atoms with Gasteiger partial charge >= 0.3 is 0 Å². The Labute approximate surface area is 200 Å². The van der Waals surface area contributed by atoms with Crippen molar-refractivity contribution in [3.8, 4) is 5.75 Å². The van der Waals surface area contributed by atoms with Gasteiger partial charge in [-0.2, -0.15) is 0 Å². The average molecular weight is 485 g/mol. The number of benzene rings is 3. The first-order valence-electron chi connectivity index (χ1n) is 11.0. The van der Waals surface area contributed by atoms with Crippen molar-refractivity contribution in [3.63, 3.8) is 0 Å². The van der Waals surface area contributed by atoms with Crippen molar-refractivity contribution in [1.82, 2.24) is 5.32 Å². The van der Waals surface area contributed by atoms with Crippen LogP contribution in [0.2, 0.25) is 0 Å². The molecule has 0 unspecified atom stereocenters. The van der Waals surface area contributed by atoms with Crippen molar-refractivity contribution in [2.45, 2.75) is 37.6 Å². The summed E-state index contributed by atoms with van der Waals surface area (Å²) in [5.74, 6) is -0.425. The monoisotopic (exact) mass is 484 g/mol. The molecule has 3 aromatic rings. The van der Waals surface area contributed by atoms with Gasteiger partial charge in [-0.1, -0.05) is 30.3 Å². The Morgan fingerprint density at radius 3 is 2.18 bits per heavy atom. The molecule has 0 fully saturated rings. The maximum atomic E-state index is 13.4. The highest BCUT2D eigenvalue weighted by molar-refractivity contribution is 7.92. The number of sulfonamides is 1. The molecule has 0 saturated heterocycles. The Morgan fingerprint density at radius 2 is 1.59 bits per heavy atom. The lowest BCUT2D eigenvalue weighted by Gasteiger charge is -2.29. The summed E-state index contributed by atoms with van der Waals surface area (Å²) < 4.78 is 46.7. The molecule has 0 saturated carbocycles. The minimum Gasteiger partial charge on any atom is -0.494 e. The van der Waals surface area contributed by atoms with E-state index in [9.17, 15) is 17.6 Å². The first-order chi connectivity index (χ1) is 16.1. The fourth-order valence-corrected chi connectivity index (χ4v) is 5.04. The lowest BCUT2D eigenvalue weighted by atomic mass is 9.95. The molecule has 0 aliphatic carbocycles. The van der Waals surface area contributed by atoms with Gasteiger partial charge in [0, 0.05) is 5.54 Å². The molecule has 6 nitrogen and oxygen atoms in total. The molecular formula is C26H29FN2O4S. The van der Waals surface area contributed by atoms with Gasteiger partial charge in [0.2, 0.25) is 5.91 Å². The fraction of sp³-hybridized carbons (Fsp3) is 0.269. The second kappa shape index (κ2) is 10.7. The summed E-state index contributed by atoms with van der Waals surface area (Å²) in [5.41, 5.74) is 0.738. The highest BCUT2D eigenvalue weighted by Crippen LogP contribution is 2.26. The zero-order valence-electron chi connectivity index (χ0n) is 19.5. The number of ether oxygens (including phenoxy) is 1. The predicted molar refractivity (Wildman–Crippen MR) is 131 cm³/mol. The predicted octanol–water partition coefficient (Wildman–Crippen LogP) is 4.56. The Hall–Kier alpha value is -3.39. The molecule has 34 heavy (non-hydrogen) atoms. The van der Waals surface area contributed by atoms with E-state index in [4.69, 9.17) is 4.74 Å². The third kappa shape index (κ3) is 6.57. The van der Waals surface area contributed by atoms with Gasteiger partial charge in [0.05, 0.1) is 17.2 Å². The van der Waals surface area contributed by atoms with E-state index in [-0.39, 0.29) is 4.90 Å². The van der Waals surface area contributed by atoms with Gasteiger partial charge in [-0.15, -0.1) is 0 Å². The summed E-state index contributed by atoms with van der Waals surface area (Å²) >= 11 is 0. The molecule has 0 aliphatic rings. The third-order valence-electron chi connectivity index (χ3n) is 5.09. The second-order valence-electron chi connectivity index (χ2n) is 8.49. The zero-order chi connectivity index (χ0) is 24.8. The highest BCUT2D eigenvalue weighted by atomic mass is 32.2. The highest BCUT2D eigenvalue weighted by Gasteiger charge is 2.29. The molecule has 0 aromatic heterocycles. The summed E-state index contributed by atoms with van der Waals surface area (Å²) in [6.45, 7) is 5.64. The maximum absolute atomic E-state index is 13.4. The van der Waals surface area contributed by atoms with Crippen LogP contribution in [0.5, 0.6) is 5.75 Å². The number of carbonyl (C=O) groups excluding carboxylic acids is 1. The molecule has 0 heterocycles. The summed E-state index contributed by atoms with van der Waals surface area (Å²) in [6.07, 6.45) is 0.577. The van der Waals surface area contributed by atoms with Crippen LogP contribution in [-0.4, -0.2) is 33.0 Å². The fourth-order valence-electron chi connectivity index (χ4n) is 3.62. The first kappa shape index (κ1) is 25.2. The maximum Gasteiger partial charge on any atom is 0.264 e. The number of amides is 1. The van der Waals surface area contributed by atoms with Crippen LogP contribution in [0.15, 0.2) is 83.8 Å². The summed E-state index contributed by atoms with van der Waals surface area (Å²) in [6, 6.07) is 20.7. The summed E-state index contributed by atoms with van der Waals surface area (Å²) in [5, 5.41) is 2.94. The average Bonchev–Trinajstić information content (AvgIpc) is 2.78. The van der Waals surface area contributed by atoms with Gasteiger partial charge < -0.3 is 10.1 Å². The van der Waals surface area contributed by atoms with Crippen LogP contribution < -0.4 is 14.4 Å². The van der Waals surface area contributed by atoms with Crippen LogP contribution in [0.4, 0.5) is 10.1 Å². The van der Waals surface area contributed by atoms with E-state index < -0.39 is 33.8 Å². The molecule has 180 valence electrons. The van der Waals surface area contributed by atoms with E-state index in [0.717, 1.165) is 22.0 Å². The van der Waals surface area contributed by atoms with Crippen LogP contribution >= 0.6 is 0 Å². The van der Waals surface area contributed by atoms with Gasteiger partial charge in [0.15, 0.2) is 0 Å². The van der Waals surface area contributed by atoms with E-state index in [1.807, 2.05) is 51.1 Å². The van der Waals surface area contributed by atoms with Gasteiger partial charge in [0.1, 0.15) is 18.1 Å². The zero-order valence-corrected chi connectivity index (χ0v) is 20.3. The van der Waals surface area contributed by atoms with Gasteiger partial charge in [-0.05, 0) is 81.3 Å². The summed E-state index contributed by atoms with van der Waals surface area (Å²) in [4.78, 5) is 12.9. The van der Waals surface area contributed by atoms with Crippen molar-refractivity contribution in [3.05, 3.63) is 90.2 Å². The van der Waals surface area contributed by atoms with Crippen LogP contribution in [0, 0.1) is 5.82 Å². The first-order valence-corrected chi connectivity index (χ1v) is 12.4. The van der Waals surface area contributed by atoms with Crippen molar-refractivity contribution in [2.24, 2.45) is 0 Å². The smallest absolute Gasteiger partial charge is 0.264 e. The topological polar surface area (TPSA) is 75.7 Å². The number of hydrogen-bond donors (Lipinski definition) is 1. The van der Waals surface area contributed by atoms with Crippen LogP contribution in [0.1, 0.15) is 26.3 Å². The molecule has 0 aliphatic heterocycles. The van der Waals surface area contributed by atoms with Gasteiger partial charge in [-0.3, -0.25) is 9.10 Å². The number of nitrogens with one attached hydrogen (secondary N) is 1. The molecule has 0 atom stereocenters. The van der Waals surface area contributed by atoms with E-state index >= 15 is 0 Å². The van der Waals surface area contributed by atoms with E-state index in [1.165, 1.54) is 12.1 Å². The minimum atomic E-state index is -4.14. The summed E-state index contributed by atoms with van der Waals surface area (Å²) in [7, 11) is -4.14. The quantitative estimate of drug-likeness (QED) is 0.458. The Morgan fingerprint density at radius 1 is 0.971 bits per heavy atom. The number of nitrogens with zero attached hydrogens (tertiary/aromatic N) is 1. The third-order valence-corrected chi connectivity index (χ3v) is 6.88. The largest absolute Gasteiger partial charge is 0.494 e. The van der Waals surface area contributed by atoms with Crippen LogP contribution in [-0.2, 0) is 21.2 Å². The van der Waals surface area contributed by atoms with Crippen LogP contribution in [0.25, 0.3) is 0 Å². The standard InChI is InChI=1S/C26H29FN2O4S/c1-4-33-23-14-12-22(13-15-23)29(34(31,32)24-16-10-21(27)11-17-24)19-25(30)28-26(2,3)18-20-8-6-5-7-9-20/h5-17H,4,18-19H2,1-3H3,(H,28,30). The molecule has 0 radical (unpaired) electrons. The molecule has 1 amide bonds. The lowest BCUT2D eigenvalue weighted by Crippen LogP contribution is -2.50. The molecule has 3 aromatic carbocycles. The Kier molecular flexibility index (Phi) is 7.94. The Bertz CT molecular complexity index is 1200.